The molecule has 1 aromatic rings. The summed E-state index contributed by atoms with van der Waals surface area (Å²) in [4.78, 5) is 11.2. The second-order valence-corrected chi connectivity index (χ2v) is 6.26. The third kappa shape index (κ3) is 3.99. The van der Waals surface area contributed by atoms with Crippen LogP contribution in [0.3, 0.4) is 0 Å². The maximum absolute atomic E-state index is 13.6. The Bertz CT molecular complexity index is 603. The minimum atomic E-state index is -4.14. The number of primary sulfonamides is 1. The van der Waals surface area contributed by atoms with E-state index in [2.05, 4.69) is 15.9 Å². The summed E-state index contributed by atoms with van der Waals surface area (Å²) < 4.78 is 40.8. The van der Waals surface area contributed by atoms with Gasteiger partial charge in [0.05, 0.1) is 21.0 Å². The Morgan fingerprint density at radius 1 is 1.53 bits per heavy atom. The Morgan fingerprint density at radius 2 is 2.11 bits per heavy atom. The molecule has 106 valence electrons. The van der Waals surface area contributed by atoms with Gasteiger partial charge in [-0.15, -0.1) is 0 Å². The Morgan fingerprint density at radius 3 is 2.58 bits per heavy atom. The summed E-state index contributed by atoms with van der Waals surface area (Å²) in [7, 11) is -4.14. The van der Waals surface area contributed by atoms with Crippen molar-refractivity contribution < 1.29 is 22.3 Å². The first kappa shape index (κ1) is 16.1. The molecule has 1 unspecified atom stereocenters. The zero-order chi connectivity index (χ0) is 14.8. The van der Waals surface area contributed by atoms with Gasteiger partial charge in [0.2, 0.25) is 10.0 Å². The number of rotatable bonds is 4. The van der Waals surface area contributed by atoms with Crippen LogP contribution in [0, 0.1) is 5.82 Å². The third-order valence-electron chi connectivity index (χ3n) is 2.42. The number of carbonyl (C=O) groups excluding carboxylic acids is 1. The standard InChI is InChI=1S/C11H13BrFNO4S/c1-3-6(2)18-11(15)7-4-8(13)10(12)9(5-7)19(14,16)17/h4-6H,3H2,1-2H3,(H2,14,16,17). The molecule has 0 saturated carbocycles. The minimum absolute atomic E-state index is 0.204. The third-order valence-corrected chi connectivity index (χ3v) is 4.42. The maximum atomic E-state index is 13.6. The fourth-order valence-electron chi connectivity index (χ4n) is 1.22. The SMILES string of the molecule is CCC(C)OC(=O)c1cc(F)c(Br)c(S(N)(=O)=O)c1. The molecule has 0 aliphatic carbocycles. The van der Waals surface area contributed by atoms with E-state index in [1.54, 1.807) is 6.92 Å². The average molecular weight is 354 g/mol. The van der Waals surface area contributed by atoms with Crippen molar-refractivity contribution in [3.05, 3.63) is 28.0 Å². The van der Waals surface area contributed by atoms with Gasteiger partial charge in [-0.1, -0.05) is 6.92 Å². The van der Waals surface area contributed by atoms with Gasteiger partial charge in [0.15, 0.2) is 0 Å². The smallest absolute Gasteiger partial charge is 0.338 e. The van der Waals surface area contributed by atoms with E-state index < -0.39 is 26.7 Å². The van der Waals surface area contributed by atoms with Crippen molar-refractivity contribution in [1.29, 1.82) is 0 Å². The second-order valence-electron chi connectivity index (χ2n) is 3.94. The number of ether oxygens (including phenoxy) is 1. The number of hydrogen-bond acceptors (Lipinski definition) is 4. The normalized spacial score (nSPS) is 13.1. The number of halogens is 2. The van der Waals surface area contributed by atoms with Crippen LogP contribution in [0.5, 0.6) is 0 Å². The highest BCUT2D eigenvalue weighted by Gasteiger charge is 2.21. The molecular weight excluding hydrogens is 341 g/mol. The predicted octanol–water partition coefficient (Wildman–Crippen LogP) is 2.19. The Labute approximate surface area is 119 Å². The van der Waals surface area contributed by atoms with E-state index in [4.69, 9.17) is 9.88 Å². The van der Waals surface area contributed by atoms with Gasteiger partial charge in [0, 0.05) is 0 Å². The van der Waals surface area contributed by atoms with Crippen LogP contribution >= 0.6 is 15.9 Å². The van der Waals surface area contributed by atoms with Crippen molar-refractivity contribution in [1.82, 2.24) is 0 Å². The number of nitrogens with two attached hydrogens (primary N) is 1. The summed E-state index contributed by atoms with van der Waals surface area (Å²) in [6.45, 7) is 3.49. The first-order valence-electron chi connectivity index (χ1n) is 5.39. The van der Waals surface area contributed by atoms with Crippen LogP contribution in [0.15, 0.2) is 21.5 Å². The summed E-state index contributed by atoms with van der Waals surface area (Å²) in [5.74, 6) is -1.70. The fraction of sp³-hybridized carbons (Fsp3) is 0.364. The van der Waals surface area contributed by atoms with Crippen molar-refractivity contribution in [2.75, 3.05) is 0 Å². The van der Waals surface area contributed by atoms with E-state index in [-0.39, 0.29) is 16.1 Å². The number of hydrogen-bond donors (Lipinski definition) is 1. The summed E-state index contributed by atoms with van der Waals surface area (Å²) in [6, 6.07) is 1.87. The van der Waals surface area contributed by atoms with Gasteiger partial charge in [-0.05, 0) is 41.4 Å². The predicted molar refractivity (Wildman–Crippen MR) is 70.6 cm³/mol. The van der Waals surface area contributed by atoms with Gasteiger partial charge in [-0.25, -0.2) is 22.7 Å². The fourth-order valence-corrected chi connectivity index (χ4v) is 2.77. The van der Waals surface area contributed by atoms with Crippen LogP contribution in [0.25, 0.3) is 0 Å². The van der Waals surface area contributed by atoms with E-state index >= 15 is 0 Å². The zero-order valence-electron chi connectivity index (χ0n) is 10.3. The van der Waals surface area contributed by atoms with E-state index in [0.717, 1.165) is 12.1 Å². The molecule has 0 aliphatic heterocycles. The van der Waals surface area contributed by atoms with E-state index in [9.17, 15) is 17.6 Å². The average Bonchev–Trinajstić information content (AvgIpc) is 2.30. The van der Waals surface area contributed by atoms with Gasteiger partial charge in [0.25, 0.3) is 0 Å². The number of esters is 1. The molecule has 1 aromatic carbocycles. The molecule has 0 aliphatic rings. The second kappa shape index (κ2) is 5.98. The molecule has 0 amide bonds. The monoisotopic (exact) mass is 353 g/mol. The number of carbonyl (C=O) groups is 1. The summed E-state index contributed by atoms with van der Waals surface area (Å²) in [5, 5.41) is 4.95. The van der Waals surface area contributed by atoms with E-state index in [1.807, 2.05) is 6.92 Å². The Kier molecular flexibility index (Phi) is 5.05. The first-order chi connectivity index (χ1) is 8.66. The van der Waals surface area contributed by atoms with Crippen molar-refractivity contribution in [2.45, 2.75) is 31.3 Å². The first-order valence-corrected chi connectivity index (χ1v) is 7.73. The van der Waals surface area contributed by atoms with Crippen molar-refractivity contribution in [3.8, 4) is 0 Å². The quantitative estimate of drug-likeness (QED) is 0.840. The molecule has 19 heavy (non-hydrogen) atoms. The molecule has 5 nitrogen and oxygen atoms in total. The number of sulfonamides is 1. The van der Waals surface area contributed by atoms with Gasteiger partial charge in [-0.3, -0.25) is 0 Å². The topological polar surface area (TPSA) is 86.5 Å². The largest absolute Gasteiger partial charge is 0.459 e. The molecule has 1 atom stereocenters. The lowest BCUT2D eigenvalue weighted by molar-refractivity contribution is 0.0333. The highest BCUT2D eigenvalue weighted by molar-refractivity contribution is 9.10. The Balaban J connectivity index is 3.25. The molecular formula is C11H13BrFNO4S. The highest BCUT2D eigenvalue weighted by Crippen LogP contribution is 2.26. The molecule has 0 fully saturated rings. The molecule has 2 N–H and O–H groups in total. The lowest BCUT2D eigenvalue weighted by Crippen LogP contribution is -2.17. The minimum Gasteiger partial charge on any atom is -0.459 e. The van der Waals surface area contributed by atoms with Gasteiger partial charge >= 0.3 is 5.97 Å². The highest BCUT2D eigenvalue weighted by atomic mass is 79.9. The van der Waals surface area contributed by atoms with Crippen molar-refractivity contribution >= 4 is 31.9 Å². The molecule has 0 bridgehead atoms. The van der Waals surface area contributed by atoms with Gasteiger partial charge in [0.1, 0.15) is 5.82 Å². The van der Waals surface area contributed by atoms with Crippen molar-refractivity contribution in [2.24, 2.45) is 5.14 Å². The van der Waals surface area contributed by atoms with Crippen molar-refractivity contribution in [3.63, 3.8) is 0 Å². The van der Waals surface area contributed by atoms with Crippen LogP contribution in [0.4, 0.5) is 4.39 Å². The molecule has 8 heteroatoms. The van der Waals surface area contributed by atoms with E-state index in [0.29, 0.717) is 6.42 Å². The summed E-state index contributed by atoms with van der Waals surface area (Å²) in [5.41, 5.74) is -0.204. The Hall–Kier alpha value is -0.990. The van der Waals surface area contributed by atoms with Crippen LogP contribution in [-0.2, 0) is 14.8 Å². The molecule has 0 radical (unpaired) electrons. The van der Waals surface area contributed by atoms with Crippen LogP contribution in [-0.4, -0.2) is 20.5 Å². The summed E-state index contributed by atoms with van der Waals surface area (Å²) >= 11 is 2.78. The zero-order valence-corrected chi connectivity index (χ0v) is 12.7. The van der Waals surface area contributed by atoms with E-state index in [1.165, 1.54) is 0 Å². The summed E-state index contributed by atoms with van der Waals surface area (Å²) in [6.07, 6.45) is 0.240. The van der Waals surface area contributed by atoms with Gasteiger partial charge in [-0.2, -0.15) is 0 Å². The molecule has 1 rings (SSSR count). The number of benzene rings is 1. The van der Waals surface area contributed by atoms with Crippen LogP contribution in [0.2, 0.25) is 0 Å². The molecule has 0 saturated heterocycles. The lowest BCUT2D eigenvalue weighted by atomic mass is 10.2. The lowest BCUT2D eigenvalue weighted by Gasteiger charge is -2.12. The van der Waals surface area contributed by atoms with Gasteiger partial charge < -0.3 is 4.74 Å². The van der Waals surface area contributed by atoms with Crippen LogP contribution in [0.1, 0.15) is 30.6 Å². The molecule has 0 heterocycles. The molecule has 0 spiro atoms. The molecule has 0 aromatic heterocycles. The maximum Gasteiger partial charge on any atom is 0.338 e. The van der Waals surface area contributed by atoms with Crippen LogP contribution < -0.4 is 5.14 Å².